The molecule has 0 fully saturated rings. The van der Waals surface area contributed by atoms with Gasteiger partial charge in [0.05, 0.1) is 11.1 Å². The van der Waals surface area contributed by atoms with Crippen molar-refractivity contribution in [2.75, 3.05) is 0 Å². The molecule has 0 aliphatic carbocycles. The fraction of sp³-hybridized carbons (Fsp3) is 0. The van der Waals surface area contributed by atoms with Crippen LogP contribution in [-0.2, 0) is 0 Å². The van der Waals surface area contributed by atoms with Gasteiger partial charge in [-0.15, -0.1) is 0 Å². The van der Waals surface area contributed by atoms with Gasteiger partial charge in [-0.2, -0.15) is 0 Å². The summed E-state index contributed by atoms with van der Waals surface area (Å²) in [6.07, 6.45) is 0. The summed E-state index contributed by atoms with van der Waals surface area (Å²) in [5, 5.41) is 14.3. The predicted octanol–water partition coefficient (Wildman–Crippen LogP) is 4.88. The molecular formula is C20H10Cl2N2O3. The van der Waals surface area contributed by atoms with Crippen LogP contribution in [0.25, 0.3) is 32.9 Å². The molecule has 1 aliphatic rings. The summed E-state index contributed by atoms with van der Waals surface area (Å²) in [5.74, 6) is -0.898. The van der Waals surface area contributed by atoms with E-state index in [1.165, 1.54) is 0 Å². The number of phenols is 1. The van der Waals surface area contributed by atoms with Crippen LogP contribution >= 0.6 is 23.2 Å². The molecule has 5 nitrogen and oxygen atoms in total. The summed E-state index contributed by atoms with van der Waals surface area (Å²) < 4.78 is 0. The highest BCUT2D eigenvalue weighted by molar-refractivity contribution is 6.37. The number of H-pyrrole nitrogens is 1. The van der Waals surface area contributed by atoms with E-state index >= 15 is 0 Å². The molecule has 0 atom stereocenters. The van der Waals surface area contributed by atoms with Crippen LogP contribution in [0.1, 0.15) is 20.7 Å². The zero-order chi connectivity index (χ0) is 18.9. The lowest BCUT2D eigenvalue weighted by Gasteiger charge is -2.10. The van der Waals surface area contributed by atoms with E-state index in [0.717, 1.165) is 5.52 Å². The number of hydrogen-bond donors (Lipinski definition) is 3. The van der Waals surface area contributed by atoms with Crippen LogP contribution in [0.5, 0.6) is 5.75 Å². The SMILES string of the molecule is O=C1NC(=O)c2c1c(-c1cc(Cl)ccc1Cl)cc1[nH]c3ccc(O)cc3c21. The first-order valence-electron chi connectivity index (χ1n) is 8.06. The number of fused-ring (bicyclic) bond motifs is 5. The van der Waals surface area contributed by atoms with E-state index in [1.807, 2.05) is 0 Å². The average molecular weight is 397 g/mol. The maximum atomic E-state index is 12.6. The van der Waals surface area contributed by atoms with Crippen LogP contribution in [-0.4, -0.2) is 21.9 Å². The van der Waals surface area contributed by atoms with Crippen molar-refractivity contribution in [2.24, 2.45) is 0 Å². The van der Waals surface area contributed by atoms with Crippen LogP contribution < -0.4 is 5.32 Å². The first kappa shape index (κ1) is 16.2. The predicted molar refractivity (Wildman–Crippen MR) is 105 cm³/mol. The lowest BCUT2D eigenvalue weighted by atomic mass is 9.93. The minimum atomic E-state index is -0.488. The number of carbonyl (C=O) groups excluding carboxylic acids is 2. The third-order valence-electron chi connectivity index (χ3n) is 4.77. The van der Waals surface area contributed by atoms with E-state index in [4.69, 9.17) is 23.2 Å². The number of carbonyl (C=O) groups is 2. The van der Waals surface area contributed by atoms with Crippen molar-refractivity contribution in [3.63, 3.8) is 0 Å². The minimum Gasteiger partial charge on any atom is -0.508 e. The Kier molecular flexibility index (Phi) is 3.29. The Morgan fingerprint density at radius 2 is 1.59 bits per heavy atom. The van der Waals surface area contributed by atoms with Gasteiger partial charge in [-0.1, -0.05) is 23.2 Å². The molecule has 132 valence electrons. The Labute approximate surface area is 162 Å². The second-order valence-electron chi connectivity index (χ2n) is 6.36. The standard InChI is InChI=1S/C20H10Cl2N2O3/c21-8-1-3-13(22)10(5-8)11-7-15-16(18-17(11)19(26)24-20(18)27)12-6-9(25)2-4-14(12)23-15/h1-7,23,25H,(H,24,26,27). The Morgan fingerprint density at radius 1 is 0.815 bits per heavy atom. The molecule has 0 unspecified atom stereocenters. The molecule has 5 rings (SSSR count). The summed E-state index contributed by atoms with van der Waals surface area (Å²) >= 11 is 12.5. The van der Waals surface area contributed by atoms with E-state index < -0.39 is 11.8 Å². The van der Waals surface area contributed by atoms with Crippen molar-refractivity contribution in [3.8, 4) is 16.9 Å². The largest absolute Gasteiger partial charge is 0.508 e. The van der Waals surface area contributed by atoms with E-state index in [2.05, 4.69) is 10.3 Å². The maximum absolute atomic E-state index is 12.6. The molecule has 0 saturated heterocycles. The van der Waals surface area contributed by atoms with Crippen LogP contribution in [0, 0.1) is 0 Å². The summed E-state index contributed by atoms with van der Waals surface area (Å²) in [6, 6.07) is 11.6. The summed E-state index contributed by atoms with van der Waals surface area (Å²) in [5.41, 5.74) is 3.00. The topological polar surface area (TPSA) is 82.2 Å². The normalized spacial score (nSPS) is 13.4. The number of aromatic amines is 1. The summed E-state index contributed by atoms with van der Waals surface area (Å²) in [6.45, 7) is 0. The van der Waals surface area contributed by atoms with E-state index in [0.29, 0.717) is 37.5 Å². The number of rotatable bonds is 1. The van der Waals surface area contributed by atoms with Crippen molar-refractivity contribution in [3.05, 3.63) is 63.6 Å². The first-order chi connectivity index (χ1) is 12.9. The Hall–Kier alpha value is -3.02. The zero-order valence-electron chi connectivity index (χ0n) is 13.6. The number of imide groups is 1. The molecule has 27 heavy (non-hydrogen) atoms. The first-order valence-corrected chi connectivity index (χ1v) is 8.82. The second-order valence-corrected chi connectivity index (χ2v) is 7.20. The van der Waals surface area contributed by atoms with Gasteiger partial charge in [0.1, 0.15) is 5.75 Å². The molecule has 2 amide bonds. The number of benzene rings is 3. The highest BCUT2D eigenvalue weighted by Crippen LogP contribution is 2.41. The molecule has 7 heteroatoms. The van der Waals surface area contributed by atoms with E-state index in [9.17, 15) is 14.7 Å². The molecule has 1 aliphatic heterocycles. The lowest BCUT2D eigenvalue weighted by Crippen LogP contribution is -2.20. The van der Waals surface area contributed by atoms with Crippen molar-refractivity contribution in [1.82, 2.24) is 10.3 Å². The average Bonchev–Trinajstić information content (AvgIpc) is 3.13. The van der Waals surface area contributed by atoms with Gasteiger partial charge < -0.3 is 10.1 Å². The quantitative estimate of drug-likeness (QED) is 0.400. The van der Waals surface area contributed by atoms with Gasteiger partial charge in [-0.3, -0.25) is 14.9 Å². The Balaban J connectivity index is 1.99. The fourth-order valence-corrected chi connectivity index (χ4v) is 4.05. The number of amides is 2. The van der Waals surface area contributed by atoms with Crippen LogP contribution in [0.15, 0.2) is 42.5 Å². The van der Waals surface area contributed by atoms with Crippen molar-refractivity contribution >= 4 is 56.8 Å². The number of aromatic hydroxyl groups is 1. The third-order valence-corrected chi connectivity index (χ3v) is 5.33. The van der Waals surface area contributed by atoms with Gasteiger partial charge in [0, 0.05) is 37.4 Å². The zero-order valence-corrected chi connectivity index (χ0v) is 15.1. The monoisotopic (exact) mass is 396 g/mol. The molecule has 0 saturated carbocycles. The molecular weight excluding hydrogens is 387 g/mol. The van der Waals surface area contributed by atoms with E-state index in [1.54, 1.807) is 42.5 Å². The molecule has 3 aromatic carbocycles. The van der Waals surface area contributed by atoms with Crippen molar-refractivity contribution < 1.29 is 14.7 Å². The highest BCUT2D eigenvalue weighted by Gasteiger charge is 2.34. The van der Waals surface area contributed by atoms with Gasteiger partial charge in [0.15, 0.2) is 0 Å². The van der Waals surface area contributed by atoms with Crippen molar-refractivity contribution in [2.45, 2.75) is 0 Å². The van der Waals surface area contributed by atoms with Crippen LogP contribution in [0.4, 0.5) is 0 Å². The molecule has 2 heterocycles. The number of aromatic nitrogens is 1. The number of halogens is 2. The molecule has 1 aromatic heterocycles. The summed E-state index contributed by atoms with van der Waals surface area (Å²) in [4.78, 5) is 28.4. The van der Waals surface area contributed by atoms with Crippen LogP contribution in [0.2, 0.25) is 10.0 Å². The smallest absolute Gasteiger partial charge is 0.259 e. The second kappa shape index (κ2) is 5.49. The van der Waals surface area contributed by atoms with Crippen LogP contribution in [0.3, 0.4) is 0 Å². The van der Waals surface area contributed by atoms with Crippen molar-refractivity contribution in [1.29, 1.82) is 0 Å². The summed E-state index contributed by atoms with van der Waals surface area (Å²) in [7, 11) is 0. The van der Waals surface area contributed by atoms with Gasteiger partial charge in [0.2, 0.25) is 0 Å². The molecule has 4 aromatic rings. The number of nitrogens with one attached hydrogen (secondary N) is 2. The lowest BCUT2D eigenvalue weighted by molar-refractivity contribution is 0.0880. The van der Waals surface area contributed by atoms with Gasteiger partial charge >= 0.3 is 0 Å². The van der Waals surface area contributed by atoms with Gasteiger partial charge in [-0.25, -0.2) is 0 Å². The molecule has 0 bridgehead atoms. The molecule has 3 N–H and O–H groups in total. The van der Waals surface area contributed by atoms with Gasteiger partial charge in [-0.05, 0) is 48.0 Å². The van der Waals surface area contributed by atoms with Gasteiger partial charge in [0.25, 0.3) is 11.8 Å². The molecule has 0 spiro atoms. The third kappa shape index (κ3) is 2.25. The molecule has 0 radical (unpaired) electrons. The Bertz CT molecular complexity index is 1320. The number of hydrogen-bond acceptors (Lipinski definition) is 3. The maximum Gasteiger partial charge on any atom is 0.259 e. The fourth-order valence-electron chi connectivity index (χ4n) is 3.66. The number of phenolic OH excluding ortho intramolecular Hbond substituents is 1. The van der Waals surface area contributed by atoms with E-state index in [-0.39, 0.29) is 16.9 Å². The minimum absolute atomic E-state index is 0.0730. The highest BCUT2D eigenvalue weighted by atomic mass is 35.5. The Morgan fingerprint density at radius 3 is 2.41 bits per heavy atom.